The lowest BCUT2D eigenvalue weighted by molar-refractivity contribution is -0.140. The summed E-state index contributed by atoms with van der Waals surface area (Å²) >= 11 is 0. The SMILES string of the molecule is CN(CC(=O)N1CCNCC1)C(=O)CC1CCS(=O)(=O)C1. The van der Waals surface area contributed by atoms with E-state index >= 15 is 0 Å². The van der Waals surface area contributed by atoms with Crippen molar-refractivity contribution in [3.63, 3.8) is 0 Å². The fraction of sp³-hybridized carbons (Fsp3) is 0.846. The molecule has 1 unspecified atom stereocenters. The van der Waals surface area contributed by atoms with E-state index in [2.05, 4.69) is 5.32 Å². The van der Waals surface area contributed by atoms with Crippen LogP contribution in [0.5, 0.6) is 0 Å². The van der Waals surface area contributed by atoms with E-state index in [4.69, 9.17) is 0 Å². The van der Waals surface area contributed by atoms with Crippen LogP contribution >= 0.6 is 0 Å². The van der Waals surface area contributed by atoms with Gasteiger partial charge in [0.25, 0.3) is 0 Å². The molecule has 1 atom stereocenters. The van der Waals surface area contributed by atoms with Gasteiger partial charge in [-0.05, 0) is 12.3 Å². The third-order valence-electron chi connectivity index (χ3n) is 4.06. The summed E-state index contributed by atoms with van der Waals surface area (Å²) in [4.78, 5) is 27.3. The van der Waals surface area contributed by atoms with E-state index in [0.29, 0.717) is 19.5 Å². The number of nitrogens with one attached hydrogen (secondary N) is 1. The summed E-state index contributed by atoms with van der Waals surface area (Å²) < 4.78 is 22.8. The van der Waals surface area contributed by atoms with Crippen molar-refractivity contribution in [3.05, 3.63) is 0 Å². The minimum atomic E-state index is -2.96. The number of hydrogen-bond donors (Lipinski definition) is 1. The predicted octanol–water partition coefficient (Wildman–Crippen LogP) is -1.30. The van der Waals surface area contributed by atoms with Crippen LogP contribution in [0.4, 0.5) is 0 Å². The van der Waals surface area contributed by atoms with Crippen molar-refractivity contribution in [2.45, 2.75) is 12.8 Å². The molecular formula is C13H23N3O4S. The van der Waals surface area contributed by atoms with Gasteiger partial charge in [-0.1, -0.05) is 0 Å². The topological polar surface area (TPSA) is 86.8 Å². The summed E-state index contributed by atoms with van der Waals surface area (Å²) in [5, 5.41) is 3.17. The first kappa shape index (κ1) is 16.2. The molecule has 1 N–H and O–H groups in total. The molecule has 0 aromatic heterocycles. The average molecular weight is 317 g/mol. The van der Waals surface area contributed by atoms with Gasteiger partial charge in [-0.25, -0.2) is 8.42 Å². The highest BCUT2D eigenvalue weighted by atomic mass is 32.2. The average Bonchev–Trinajstić information content (AvgIpc) is 2.78. The van der Waals surface area contributed by atoms with Crippen molar-refractivity contribution in [1.29, 1.82) is 0 Å². The van der Waals surface area contributed by atoms with Gasteiger partial charge in [-0.15, -0.1) is 0 Å². The molecule has 0 saturated carbocycles. The standard InChI is InChI=1S/C13H23N3O4S/c1-15(9-13(18)16-5-3-14-4-6-16)12(17)8-11-2-7-21(19,20)10-11/h11,14H,2-10H2,1H3. The maximum absolute atomic E-state index is 12.1. The third-order valence-corrected chi connectivity index (χ3v) is 5.89. The lowest BCUT2D eigenvalue weighted by Crippen LogP contribution is -2.49. The summed E-state index contributed by atoms with van der Waals surface area (Å²) in [5.41, 5.74) is 0. The van der Waals surface area contributed by atoms with Crippen LogP contribution in [0.25, 0.3) is 0 Å². The number of sulfone groups is 1. The monoisotopic (exact) mass is 317 g/mol. The number of likely N-dealkylation sites (N-methyl/N-ethyl adjacent to an activating group) is 1. The van der Waals surface area contributed by atoms with E-state index in [-0.39, 0.29) is 42.2 Å². The summed E-state index contributed by atoms with van der Waals surface area (Å²) in [6, 6.07) is 0. The number of hydrogen-bond acceptors (Lipinski definition) is 5. The Labute approximate surface area is 125 Å². The van der Waals surface area contributed by atoms with Crippen LogP contribution in [-0.4, -0.2) is 81.3 Å². The summed E-state index contributed by atoms with van der Waals surface area (Å²) in [6.07, 6.45) is 0.762. The lowest BCUT2D eigenvalue weighted by atomic mass is 10.0. The molecular weight excluding hydrogens is 294 g/mol. The zero-order valence-corrected chi connectivity index (χ0v) is 13.2. The molecule has 0 aromatic carbocycles. The zero-order valence-electron chi connectivity index (χ0n) is 12.4. The van der Waals surface area contributed by atoms with Crippen molar-refractivity contribution in [3.8, 4) is 0 Å². The number of piperazine rings is 1. The summed E-state index contributed by atoms with van der Waals surface area (Å²) in [6.45, 7) is 2.97. The highest BCUT2D eigenvalue weighted by Crippen LogP contribution is 2.22. The summed E-state index contributed by atoms with van der Waals surface area (Å²) in [5.74, 6) is -0.0293. The smallest absolute Gasteiger partial charge is 0.242 e. The molecule has 2 saturated heterocycles. The molecule has 2 fully saturated rings. The Balaban J connectivity index is 1.78. The van der Waals surface area contributed by atoms with Crippen molar-refractivity contribution < 1.29 is 18.0 Å². The molecule has 0 aliphatic carbocycles. The Hall–Kier alpha value is -1.15. The molecule has 0 radical (unpaired) electrons. The Morgan fingerprint density at radius 1 is 1.29 bits per heavy atom. The van der Waals surface area contributed by atoms with Crippen LogP contribution in [-0.2, 0) is 19.4 Å². The maximum Gasteiger partial charge on any atom is 0.242 e. The van der Waals surface area contributed by atoms with Gasteiger partial charge < -0.3 is 15.1 Å². The molecule has 2 heterocycles. The van der Waals surface area contributed by atoms with Crippen LogP contribution in [0.1, 0.15) is 12.8 Å². The van der Waals surface area contributed by atoms with Gasteiger partial charge in [0.2, 0.25) is 11.8 Å². The Kier molecular flexibility index (Phi) is 5.21. The zero-order chi connectivity index (χ0) is 15.5. The van der Waals surface area contributed by atoms with E-state index < -0.39 is 9.84 Å². The lowest BCUT2D eigenvalue weighted by Gasteiger charge is -2.29. The van der Waals surface area contributed by atoms with Crippen LogP contribution in [0, 0.1) is 5.92 Å². The number of carbonyl (C=O) groups excluding carboxylic acids is 2. The Morgan fingerprint density at radius 3 is 2.52 bits per heavy atom. The minimum absolute atomic E-state index is 0.0496. The van der Waals surface area contributed by atoms with E-state index in [1.165, 1.54) is 4.90 Å². The maximum atomic E-state index is 12.1. The largest absolute Gasteiger partial charge is 0.339 e. The fourth-order valence-corrected chi connectivity index (χ4v) is 4.60. The van der Waals surface area contributed by atoms with E-state index in [1.807, 2.05) is 0 Å². The molecule has 0 aromatic rings. The molecule has 7 nitrogen and oxygen atoms in total. The Bertz CT molecular complexity index is 500. The second kappa shape index (κ2) is 6.74. The van der Waals surface area contributed by atoms with Crippen molar-refractivity contribution >= 4 is 21.7 Å². The third kappa shape index (κ3) is 4.67. The van der Waals surface area contributed by atoms with E-state index in [0.717, 1.165) is 13.1 Å². The molecule has 2 amide bonds. The quantitative estimate of drug-likeness (QED) is 0.696. The highest BCUT2D eigenvalue weighted by Gasteiger charge is 2.30. The number of rotatable bonds is 4. The molecule has 8 heteroatoms. The predicted molar refractivity (Wildman–Crippen MR) is 78.5 cm³/mol. The van der Waals surface area contributed by atoms with Crippen molar-refractivity contribution in [2.24, 2.45) is 5.92 Å². The van der Waals surface area contributed by atoms with Gasteiger partial charge in [0.15, 0.2) is 9.84 Å². The van der Waals surface area contributed by atoms with Crippen LogP contribution in [0.2, 0.25) is 0 Å². The van der Waals surface area contributed by atoms with Gasteiger partial charge in [-0.2, -0.15) is 0 Å². The molecule has 0 bridgehead atoms. The Morgan fingerprint density at radius 2 is 1.95 bits per heavy atom. The van der Waals surface area contributed by atoms with Crippen molar-refractivity contribution in [1.82, 2.24) is 15.1 Å². The van der Waals surface area contributed by atoms with Crippen LogP contribution < -0.4 is 5.32 Å². The van der Waals surface area contributed by atoms with E-state index in [1.54, 1.807) is 11.9 Å². The first-order valence-electron chi connectivity index (χ1n) is 7.30. The van der Waals surface area contributed by atoms with Gasteiger partial charge in [0.1, 0.15) is 0 Å². The van der Waals surface area contributed by atoms with Crippen molar-refractivity contribution in [2.75, 3.05) is 51.3 Å². The molecule has 2 aliphatic rings. The van der Waals surface area contributed by atoms with Gasteiger partial charge in [-0.3, -0.25) is 9.59 Å². The minimum Gasteiger partial charge on any atom is -0.339 e. The normalized spacial score (nSPS) is 24.8. The van der Waals surface area contributed by atoms with Crippen LogP contribution in [0.15, 0.2) is 0 Å². The van der Waals surface area contributed by atoms with Gasteiger partial charge in [0, 0.05) is 39.6 Å². The molecule has 2 rings (SSSR count). The van der Waals surface area contributed by atoms with E-state index in [9.17, 15) is 18.0 Å². The second-order valence-electron chi connectivity index (χ2n) is 5.85. The highest BCUT2D eigenvalue weighted by molar-refractivity contribution is 7.91. The number of amides is 2. The fourth-order valence-electron chi connectivity index (χ4n) is 2.74. The summed E-state index contributed by atoms with van der Waals surface area (Å²) in [7, 11) is -1.36. The van der Waals surface area contributed by atoms with Crippen LogP contribution in [0.3, 0.4) is 0 Å². The first-order chi connectivity index (χ1) is 9.87. The number of carbonyl (C=O) groups is 2. The first-order valence-corrected chi connectivity index (χ1v) is 9.12. The number of nitrogens with zero attached hydrogens (tertiary/aromatic N) is 2. The van der Waals surface area contributed by atoms with Gasteiger partial charge in [0.05, 0.1) is 18.1 Å². The molecule has 2 aliphatic heterocycles. The molecule has 0 spiro atoms. The molecule has 120 valence electrons. The van der Waals surface area contributed by atoms with Gasteiger partial charge >= 0.3 is 0 Å². The molecule has 21 heavy (non-hydrogen) atoms. The second-order valence-corrected chi connectivity index (χ2v) is 8.08.